The van der Waals surface area contributed by atoms with Gasteiger partial charge in [0.05, 0.1) is 24.0 Å². The first-order valence-corrected chi connectivity index (χ1v) is 9.50. The summed E-state index contributed by atoms with van der Waals surface area (Å²) in [5.41, 5.74) is 0.167. The third-order valence-electron chi connectivity index (χ3n) is 3.03. The number of aromatic carboxylic acids is 2. The number of aliphatic hydroxyl groups is 4. The van der Waals surface area contributed by atoms with Gasteiger partial charge < -0.3 is 40.9 Å². The van der Waals surface area contributed by atoms with Gasteiger partial charge in [-0.3, -0.25) is 9.59 Å². The molecule has 0 aliphatic rings. The molecule has 1 rings (SSSR count). The third-order valence-corrected chi connectivity index (χ3v) is 3.03. The lowest BCUT2D eigenvalue weighted by molar-refractivity contribution is -0.143. The molecule has 0 aromatic heterocycles. The molecule has 0 amide bonds. The highest BCUT2D eigenvalue weighted by Gasteiger charge is 2.05. The van der Waals surface area contributed by atoms with Gasteiger partial charge in [-0.15, -0.1) is 0 Å². The molecule has 0 saturated heterocycles. The summed E-state index contributed by atoms with van der Waals surface area (Å²) in [5, 5.41) is 65.2. The van der Waals surface area contributed by atoms with E-state index in [4.69, 9.17) is 40.9 Å². The van der Waals surface area contributed by atoms with Crippen LogP contribution in [-0.4, -0.2) is 77.3 Å². The Bertz CT molecular complexity index is 596. The minimum Gasteiger partial charge on any atom is -0.481 e. The zero-order valence-electron chi connectivity index (χ0n) is 17.9. The second kappa shape index (κ2) is 21.2. The van der Waals surface area contributed by atoms with Crippen LogP contribution in [0.4, 0.5) is 0 Å². The third kappa shape index (κ3) is 26.9. The summed E-state index contributed by atoms with van der Waals surface area (Å²) in [4.78, 5) is 40.0. The highest BCUT2D eigenvalue weighted by atomic mass is 16.5. The molecule has 0 radical (unpaired) electrons. The molecule has 1 aromatic rings. The number of carbonyl (C=O) groups is 4. The Morgan fingerprint density at radius 3 is 0.969 bits per heavy atom. The number of carboxylic acids is 4. The minimum absolute atomic E-state index is 0.0833. The molecule has 12 heteroatoms. The largest absolute Gasteiger partial charge is 0.481 e. The highest BCUT2D eigenvalue weighted by Crippen LogP contribution is 2.03. The number of carboxylic acid groups (broad SMARTS) is 4. The van der Waals surface area contributed by atoms with Gasteiger partial charge in [-0.25, -0.2) is 9.59 Å². The molecule has 0 heterocycles. The molecule has 0 unspecified atom stereocenters. The number of hydrogen-bond donors (Lipinski definition) is 8. The predicted octanol–water partition coefficient (Wildman–Crippen LogP) is 1.21. The smallest absolute Gasteiger partial charge is 0.335 e. The van der Waals surface area contributed by atoms with E-state index in [1.807, 2.05) is 13.8 Å². The van der Waals surface area contributed by atoms with Crippen LogP contribution in [0.25, 0.3) is 0 Å². The van der Waals surface area contributed by atoms with Crippen molar-refractivity contribution in [2.45, 2.75) is 65.0 Å². The van der Waals surface area contributed by atoms with E-state index in [-0.39, 0.29) is 24.0 Å². The highest BCUT2D eigenvalue weighted by molar-refractivity contribution is 5.91. The molecule has 1 aromatic carbocycles. The van der Waals surface area contributed by atoms with Crippen LogP contribution in [0.5, 0.6) is 0 Å². The maximum Gasteiger partial charge on any atom is 0.335 e. The topological polar surface area (TPSA) is 230 Å². The molecule has 32 heavy (non-hydrogen) atoms. The van der Waals surface area contributed by atoms with Crippen molar-refractivity contribution in [1.82, 2.24) is 0 Å². The van der Waals surface area contributed by atoms with Crippen molar-refractivity contribution in [3.8, 4) is 0 Å². The second-order valence-electron chi connectivity index (χ2n) is 6.01. The lowest BCUT2D eigenvalue weighted by atomic mass is 10.1. The fourth-order valence-corrected chi connectivity index (χ4v) is 1.49. The summed E-state index contributed by atoms with van der Waals surface area (Å²) in [5.74, 6) is -4.28. The fourth-order valence-electron chi connectivity index (χ4n) is 1.49. The Kier molecular flexibility index (Phi) is 22.2. The van der Waals surface area contributed by atoms with Crippen LogP contribution in [-0.2, 0) is 9.59 Å². The van der Waals surface area contributed by atoms with E-state index in [1.54, 1.807) is 0 Å². The lowest BCUT2D eigenvalue weighted by Crippen LogP contribution is -2.01. The van der Waals surface area contributed by atoms with Crippen LogP contribution < -0.4 is 0 Å². The Balaban J connectivity index is -0.000000370. The van der Waals surface area contributed by atoms with Crippen LogP contribution in [0.1, 0.15) is 73.1 Å². The van der Waals surface area contributed by atoms with Crippen molar-refractivity contribution < 1.29 is 60.0 Å². The normalized spacial score (nSPS) is 9.38. The van der Waals surface area contributed by atoms with Crippen molar-refractivity contribution in [3.63, 3.8) is 0 Å². The lowest BCUT2D eigenvalue weighted by Gasteiger charge is -1.94. The van der Waals surface area contributed by atoms with Crippen LogP contribution in [0.2, 0.25) is 0 Å². The first kappa shape index (κ1) is 33.6. The number of hydrogen-bond acceptors (Lipinski definition) is 8. The van der Waals surface area contributed by atoms with Crippen LogP contribution in [0.15, 0.2) is 24.3 Å². The van der Waals surface area contributed by atoms with Crippen LogP contribution >= 0.6 is 0 Å². The van der Waals surface area contributed by atoms with Crippen molar-refractivity contribution in [1.29, 1.82) is 0 Å². The van der Waals surface area contributed by atoms with Gasteiger partial charge in [0.2, 0.25) is 0 Å². The summed E-state index contributed by atoms with van der Waals surface area (Å²) in [6, 6.07) is 5.02. The predicted molar refractivity (Wildman–Crippen MR) is 111 cm³/mol. The van der Waals surface area contributed by atoms with Crippen LogP contribution in [0, 0.1) is 0 Å². The minimum atomic E-state index is -1.10. The van der Waals surface area contributed by atoms with Gasteiger partial charge >= 0.3 is 23.9 Å². The Morgan fingerprint density at radius 1 is 0.625 bits per heavy atom. The van der Waals surface area contributed by atoms with E-state index in [1.165, 1.54) is 24.3 Å². The van der Waals surface area contributed by atoms with Crippen molar-refractivity contribution in [2.75, 3.05) is 0 Å². The second-order valence-corrected chi connectivity index (χ2v) is 6.01. The number of aliphatic carboxylic acids is 2. The van der Waals surface area contributed by atoms with Gasteiger partial charge in [-0.2, -0.15) is 0 Å². The summed E-state index contributed by atoms with van der Waals surface area (Å²) in [6.45, 7) is 3.80. The quantitative estimate of drug-likeness (QED) is 0.241. The summed E-state index contributed by atoms with van der Waals surface area (Å²) >= 11 is 0. The van der Waals surface area contributed by atoms with Gasteiger partial charge in [0.1, 0.15) is 0 Å². The standard InChI is InChI=1S/C8H6O4.C4H6O4.2C4H10O2/c9-7(10)5-1-2-6(4-3-5)8(11)12;5-3(6)1-2-4(7)8;2*1-2-3-4(5)6/h1-4H,(H,9,10)(H,11,12);1-2H2,(H,5,6)(H,7,8);2*4-6H,2-3H2,1H3. The molecule has 0 atom stereocenters. The first-order valence-electron chi connectivity index (χ1n) is 9.50. The molecule has 184 valence electrons. The monoisotopic (exact) mass is 464 g/mol. The molecule has 12 nitrogen and oxygen atoms in total. The number of benzene rings is 1. The zero-order chi connectivity index (χ0) is 25.7. The molecule has 0 saturated carbocycles. The maximum atomic E-state index is 10.3. The van der Waals surface area contributed by atoms with Gasteiger partial charge in [-0.05, 0) is 37.1 Å². The van der Waals surface area contributed by atoms with E-state index in [2.05, 4.69) is 0 Å². The average Bonchev–Trinajstić information content (AvgIpc) is 2.67. The SMILES string of the molecule is CCCC(O)O.CCCC(O)O.O=C(O)CCC(=O)O.O=C(O)c1ccc(C(=O)O)cc1. The van der Waals surface area contributed by atoms with E-state index in [9.17, 15) is 19.2 Å². The summed E-state index contributed by atoms with van der Waals surface area (Å²) in [7, 11) is 0. The fraction of sp³-hybridized carbons (Fsp3) is 0.500. The summed E-state index contributed by atoms with van der Waals surface area (Å²) < 4.78 is 0. The maximum absolute atomic E-state index is 10.3. The molecule has 0 bridgehead atoms. The molecule has 0 aliphatic carbocycles. The average molecular weight is 464 g/mol. The van der Waals surface area contributed by atoms with E-state index in [0.29, 0.717) is 12.8 Å². The molecular weight excluding hydrogens is 432 g/mol. The molecule has 0 aliphatic heterocycles. The van der Waals surface area contributed by atoms with E-state index >= 15 is 0 Å². The van der Waals surface area contributed by atoms with Gasteiger partial charge in [-0.1, -0.05) is 26.7 Å². The number of aliphatic hydroxyl groups excluding tert-OH is 2. The van der Waals surface area contributed by atoms with Gasteiger partial charge in [0.25, 0.3) is 0 Å². The van der Waals surface area contributed by atoms with Crippen molar-refractivity contribution in [2.24, 2.45) is 0 Å². The van der Waals surface area contributed by atoms with Crippen molar-refractivity contribution in [3.05, 3.63) is 35.4 Å². The van der Waals surface area contributed by atoms with Gasteiger partial charge in [0.15, 0.2) is 12.6 Å². The Labute approximate surface area is 185 Å². The van der Waals surface area contributed by atoms with E-state index in [0.717, 1.165) is 12.8 Å². The zero-order valence-corrected chi connectivity index (χ0v) is 17.9. The Morgan fingerprint density at radius 2 is 0.875 bits per heavy atom. The Hall–Kier alpha value is -3.06. The molecule has 0 spiro atoms. The van der Waals surface area contributed by atoms with Crippen molar-refractivity contribution >= 4 is 23.9 Å². The molecule has 0 fully saturated rings. The summed E-state index contributed by atoms with van der Waals surface area (Å²) in [6.07, 6.45) is -0.162. The molecular formula is C20H32O12. The first-order chi connectivity index (χ1) is 14.8. The molecule has 8 N–H and O–H groups in total. The van der Waals surface area contributed by atoms with E-state index < -0.39 is 36.5 Å². The number of rotatable bonds is 9. The van der Waals surface area contributed by atoms with Crippen LogP contribution in [0.3, 0.4) is 0 Å². The van der Waals surface area contributed by atoms with Gasteiger partial charge in [0, 0.05) is 0 Å².